The van der Waals surface area contributed by atoms with Crippen molar-refractivity contribution in [1.82, 2.24) is 0 Å². The fraction of sp³-hybridized carbons (Fsp3) is 0.263. The first-order chi connectivity index (χ1) is 11.0. The van der Waals surface area contributed by atoms with E-state index in [1.165, 1.54) is 0 Å². The number of carbonyl (C=O) groups is 2. The third kappa shape index (κ3) is 5.94. The number of ketones is 1. The highest BCUT2D eigenvalue weighted by Gasteiger charge is 2.04. The molecular formula is C19H21NO3. The number of amides is 1. The van der Waals surface area contributed by atoms with Gasteiger partial charge in [0.25, 0.3) is 5.91 Å². The Bertz CT molecular complexity index is 677. The van der Waals surface area contributed by atoms with Crippen LogP contribution in [0.15, 0.2) is 48.5 Å². The Labute approximate surface area is 136 Å². The second-order valence-corrected chi connectivity index (χ2v) is 5.55. The van der Waals surface area contributed by atoms with Crippen molar-refractivity contribution < 1.29 is 14.3 Å². The van der Waals surface area contributed by atoms with E-state index in [1.807, 2.05) is 55.5 Å². The molecule has 4 nitrogen and oxygen atoms in total. The third-order valence-corrected chi connectivity index (χ3v) is 3.36. The molecule has 2 rings (SSSR count). The topological polar surface area (TPSA) is 55.4 Å². The smallest absolute Gasteiger partial charge is 0.262 e. The standard InChI is InChI=1S/C19H21NO3/c1-14-4-3-5-17(12-14)20-19(22)13-23-18-10-8-16(9-11-18)7-6-15(2)21/h3-5,8-12H,6-7,13H2,1-2H3,(H,20,22). The number of hydrogen-bond donors (Lipinski definition) is 1. The fourth-order valence-electron chi connectivity index (χ4n) is 2.14. The van der Waals surface area contributed by atoms with E-state index in [2.05, 4.69) is 5.32 Å². The summed E-state index contributed by atoms with van der Waals surface area (Å²) in [5.74, 6) is 0.616. The van der Waals surface area contributed by atoms with E-state index in [0.29, 0.717) is 12.2 Å². The molecule has 1 amide bonds. The van der Waals surface area contributed by atoms with Crippen molar-refractivity contribution in [2.24, 2.45) is 0 Å². The molecule has 0 unspecified atom stereocenters. The van der Waals surface area contributed by atoms with Gasteiger partial charge in [-0.1, -0.05) is 24.3 Å². The van der Waals surface area contributed by atoms with Crippen molar-refractivity contribution in [3.05, 3.63) is 59.7 Å². The molecule has 0 saturated heterocycles. The second-order valence-electron chi connectivity index (χ2n) is 5.55. The summed E-state index contributed by atoms with van der Waals surface area (Å²) in [6, 6.07) is 15.1. The van der Waals surface area contributed by atoms with Gasteiger partial charge in [-0.25, -0.2) is 0 Å². The van der Waals surface area contributed by atoms with Crippen LogP contribution in [0.2, 0.25) is 0 Å². The van der Waals surface area contributed by atoms with Gasteiger partial charge in [0.2, 0.25) is 0 Å². The summed E-state index contributed by atoms with van der Waals surface area (Å²) >= 11 is 0. The lowest BCUT2D eigenvalue weighted by Crippen LogP contribution is -2.20. The van der Waals surface area contributed by atoms with Crippen molar-refractivity contribution >= 4 is 17.4 Å². The molecular weight excluding hydrogens is 290 g/mol. The zero-order valence-electron chi connectivity index (χ0n) is 13.5. The highest BCUT2D eigenvalue weighted by molar-refractivity contribution is 5.91. The monoisotopic (exact) mass is 311 g/mol. The van der Waals surface area contributed by atoms with Gasteiger partial charge in [-0.2, -0.15) is 0 Å². The van der Waals surface area contributed by atoms with Gasteiger partial charge in [-0.15, -0.1) is 0 Å². The molecule has 0 heterocycles. The molecule has 0 atom stereocenters. The van der Waals surface area contributed by atoms with Gasteiger partial charge in [-0.3, -0.25) is 4.79 Å². The Hall–Kier alpha value is -2.62. The number of ether oxygens (including phenoxy) is 1. The van der Waals surface area contributed by atoms with E-state index in [0.717, 1.165) is 23.2 Å². The SMILES string of the molecule is CC(=O)CCc1ccc(OCC(=O)Nc2cccc(C)c2)cc1. The predicted molar refractivity (Wildman–Crippen MR) is 90.7 cm³/mol. The van der Waals surface area contributed by atoms with Crippen molar-refractivity contribution in [1.29, 1.82) is 0 Å². The molecule has 0 aromatic heterocycles. The van der Waals surface area contributed by atoms with Crippen LogP contribution in [0.25, 0.3) is 0 Å². The number of hydrogen-bond acceptors (Lipinski definition) is 3. The maximum absolute atomic E-state index is 11.9. The lowest BCUT2D eigenvalue weighted by Gasteiger charge is -2.08. The summed E-state index contributed by atoms with van der Waals surface area (Å²) in [5, 5.41) is 2.80. The first-order valence-corrected chi connectivity index (χ1v) is 7.60. The van der Waals surface area contributed by atoms with Gasteiger partial charge in [0.1, 0.15) is 11.5 Å². The van der Waals surface area contributed by atoms with E-state index < -0.39 is 0 Å². The molecule has 0 fully saturated rings. The number of anilines is 1. The van der Waals surface area contributed by atoms with Crippen LogP contribution < -0.4 is 10.1 Å². The average molecular weight is 311 g/mol. The molecule has 0 bridgehead atoms. The zero-order chi connectivity index (χ0) is 16.7. The fourth-order valence-corrected chi connectivity index (χ4v) is 2.14. The van der Waals surface area contributed by atoms with Crippen LogP contribution in [0.3, 0.4) is 0 Å². The Balaban J connectivity index is 1.81. The molecule has 4 heteroatoms. The van der Waals surface area contributed by atoms with Crippen LogP contribution in [-0.2, 0) is 16.0 Å². The van der Waals surface area contributed by atoms with Gasteiger partial charge >= 0.3 is 0 Å². The maximum atomic E-state index is 11.9. The zero-order valence-corrected chi connectivity index (χ0v) is 13.5. The summed E-state index contributed by atoms with van der Waals surface area (Å²) in [6.45, 7) is 3.52. The second kappa shape index (κ2) is 8.13. The lowest BCUT2D eigenvalue weighted by atomic mass is 10.1. The first-order valence-electron chi connectivity index (χ1n) is 7.60. The molecule has 2 aromatic rings. The Morgan fingerprint density at radius 3 is 2.48 bits per heavy atom. The summed E-state index contributed by atoms with van der Waals surface area (Å²) in [6.07, 6.45) is 1.27. The van der Waals surface area contributed by atoms with E-state index >= 15 is 0 Å². The van der Waals surface area contributed by atoms with Crippen molar-refractivity contribution in [2.45, 2.75) is 26.7 Å². The van der Waals surface area contributed by atoms with Gasteiger partial charge in [-0.05, 0) is 55.7 Å². The number of nitrogens with one attached hydrogen (secondary N) is 1. The quantitative estimate of drug-likeness (QED) is 0.851. The molecule has 120 valence electrons. The number of aryl methyl sites for hydroxylation is 2. The summed E-state index contributed by atoms with van der Waals surface area (Å²) in [4.78, 5) is 22.8. The number of rotatable bonds is 7. The van der Waals surface area contributed by atoms with E-state index in [-0.39, 0.29) is 18.3 Å². The normalized spacial score (nSPS) is 10.2. The van der Waals surface area contributed by atoms with Gasteiger partial charge in [0.05, 0.1) is 0 Å². The minimum Gasteiger partial charge on any atom is -0.484 e. The van der Waals surface area contributed by atoms with Gasteiger partial charge < -0.3 is 14.8 Å². The first kappa shape index (κ1) is 16.7. The third-order valence-electron chi connectivity index (χ3n) is 3.36. The highest BCUT2D eigenvalue weighted by Crippen LogP contribution is 2.14. The highest BCUT2D eigenvalue weighted by atomic mass is 16.5. The molecule has 23 heavy (non-hydrogen) atoms. The molecule has 0 spiro atoms. The number of Topliss-reactive ketones (excluding diaryl/α,β-unsaturated/α-hetero) is 1. The van der Waals surface area contributed by atoms with Crippen molar-refractivity contribution in [3.63, 3.8) is 0 Å². The maximum Gasteiger partial charge on any atom is 0.262 e. The molecule has 1 N–H and O–H groups in total. The van der Waals surface area contributed by atoms with Crippen molar-refractivity contribution in [3.8, 4) is 5.75 Å². The van der Waals surface area contributed by atoms with Crippen LogP contribution in [0, 0.1) is 6.92 Å². The number of carbonyl (C=O) groups excluding carboxylic acids is 2. The predicted octanol–water partition coefficient (Wildman–Crippen LogP) is 3.53. The van der Waals surface area contributed by atoms with Crippen LogP contribution in [0.1, 0.15) is 24.5 Å². The molecule has 0 radical (unpaired) electrons. The van der Waals surface area contributed by atoms with Crippen LogP contribution >= 0.6 is 0 Å². The minimum absolute atomic E-state index is 0.0409. The lowest BCUT2D eigenvalue weighted by molar-refractivity contribution is -0.118. The van der Waals surface area contributed by atoms with E-state index in [1.54, 1.807) is 6.92 Å². The Kier molecular flexibility index (Phi) is 5.92. The molecule has 0 aliphatic heterocycles. The Morgan fingerprint density at radius 2 is 1.83 bits per heavy atom. The summed E-state index contributed by atoms with van der Waals surface area (Å²) < 4.78 is 5.47. The van der Waals surface area contributed by atoms with Crippen LogP contribution in [-0.4, -0.2) is 18.3 Å². The number of benzene rings is 2. The summed E-state index contributed by atoms with van der Waals surface area (Å²) in [7, 11) is 0. The van der Waals surface area contributed by atoms with Crippen LogP contribution in [0.4, 0.5) is 5.69 Å². The van der Waals surface area contributed by atoms with E-state index in [9.17, 15) is 9.59 Å². The van der Waals surface area contributed by atoms with Crippen molar-refractivity contribution in [2.75, 3.05) is 11.9 Å². The van der Waals surface area contributed by atoms with E-state index in [4.69, 9.17) is 4.74 Å². The molecule has 0 aliphatic rings. The largest absolute Gasteiger partial charge is 0.484 e. The summed E-state index contributed by atoms with van der Waals surface area (Å²) in [5.41, 5.74) is 2.93. The average Bonchev–Trinajstić information content (AvgIpc) is 2.52. The molecule has 0 saturated carbocycles. The molecule has 2 aromatic carbocycles. The van der Waals surface area contributed by atoms with Crippen LogP contribution in [0.5, 0.6) is 5.75 Å². The van der Waals surface area contributed by atoms with Gasteiger partial charge in [0.15, 0.2) is 6.61 Å². The Morgan fingerprint density at radius 1 is 1.09 bits per heavy atom. The minimum atomic E-state index is -0.198. The van der Waals surface area contributed by atoms with Gasteiger partial charge in [0, 0.05) is 12.1 Å². The molecule has 0 aliphatic carbocycles.